The van der Waals surface area contributed by atoms with Crippen LogP contribution in [-0.2, 0) is 9.53 Å². The molecule has 0 saturated carbocycles. The maximum Gasteiger partial charge on any atom is 0.339 e. The average Bonchev–Trinajstić information content (AvgIpc) is 2.45. The Hall–Kier alpha value is -2.14. The lowest BCUT2D eigenvalue weighted by molar-refractivity contribution is -0.137. The number of likely N-dealkylation sites (N-methyl/N-ethyl adjacent to an activating group) is 1. The molecule has 0 radical (unpaired) electrons. The van der Waals surface area contributed by atoms with E-state index in [0.717, 1.165) is 0 Å². The number of rotatable bonds is 3. The van der Waals surface area contributed by atoms with Gasteiger partial charge in [0, 0.05) is 19.5 Å². The first-order valence-corrected chi connectivity index (χ1v) is 6.75. The Morgan fingerprint density at radius 1 is 1.29 bits per heavy atom. The summed E-state index contributed by atoms with van der Waals surface area (Å²) in [6, 6.07) is 8.56. The monoisotopic (exact) mass is 306 g/mol. The summed E-state index contributed by atoms with van der Waals surface area (Å²) in [4.78, 5) is 29.5. The molecule has 0 bridgehead atoms. The molecule has 0 spiro atoms. The van der Waals surface area contributed by atoms with E-state index in [-0.39, 0.29) is 11.1 Å². The van der Waals surface area contributed by atoms with Crippen LogP contribution in [0.1, 0.15) is 17.3 Å². The zero-order chi connectivity index (χ0) is 15.6. The van der Waals surface area contributed by atoms with Crippen molar-refractivity contribution in [3.63, 3.8) is 0 Å². The highest BCUT2D eigenvalue weighted by Gasteiger charge is 2.22. The van der Waals surface area contributed by atoms with Crippen molar-refractivity contribution in [3.05, 3.63) is 41.0 Å². The minimum Gasteiger partial charge on any atom is -0.449 e. The van der Waals surface area contributed by atoms with Crippen molar-refractivity contribution in [3.8, 4) is 0 Å². The summed E-state index contributed by atoms with van der Waals surface area (Å²) in [6.07, 6.45) is -0.863. The van der Waals surface area contributed by atoms with Crippen molar-refractivity contribution in [2.24, 2.45) is 0 Å². The van der Waals surface area contributed by atoms with E-state index < -0.39 is 12.1 Å². The number of aromatic nitrogens is 1. The van der Waals surface area contributed by atoms with Gasteiger partial charge in [-0.2, -0.15) is 0 Å². The van der Waals surface area contributed by atoms with E-state index in [1.165, 1.54) is 17.9 Å². The van der Waals surface area contributed by atoms with E-state index in [0.29, 0.717) is 16.5 Å². The predicted octanol–water partition coefficient (Wildman–Crippen LogP) is 2.52. The van der Waals surface area contributed by atoms with Crippen LogP contribution in [0.5, 0.6) is 0 Å². The second-order valence-electron chi connectivity index (χ2n) is 4.79. The first kappa shape index (κ1) is 15.3. The molecule has 1 aromatic heterocycles. The number of amides is 1. The largest absolute Gasteiger partial charge is 0.449 e. The van der Waals surface area contributed by atoms with Gasteiger partial charge in [0.2, 0.25) is 0 Å². The molecule has 5 nitrogen and oxygen atoms in total. The van der Waals surface area contributed by atoms with Crippen LogP contribution >= 0.6 is 11.6 Å². The van der Waals surface area contributed by atoms with Crippen molar-refractivity contribution >= 4 is 34.4 Å². The summed E-state index contributed by atoms with van der Waals surface area (Å²) in [5.41, 5.74) is 0.896. The van der Waals surface area contributed by atoms with Crippen LogP contribution in [0.3, 0.4) is 0 Å². The molecule has 1 atom stereocenters. The minimum absolute atomic E-state index is 0.201. The lowest BCUT2D eigenvalue weighted by Gasteiger charge is -2.17. The molecule has 0 aliphatic rings. The molecule has 1 amide bonds. The van der Waals surface area contributed by atoms with Gasteiger partial charge in [-0.15, -0.1) is 0 Å². The predicted molar refractivity (Wildman–Crippen MR) is 80.3 cm³/mol. The van der Waals surface area contributed by atoms with Crippen LogP contribution in [-0.4, -0.2) is 42.0 Å². The summed E-state index contributed by atoms with van der Waals surface area (Å²) in [6.45, 7) is 1.53. The number of ether oxygens (including phenoxy) is 1. The normalized spacial score (nSPS) is 12.0. The molecule has 1 unspecified atom stereocenters. The molecule has 0 saturated heterocycles. The van der Waals surface area contributed by atoms with Gasteiger partial charge >= 0.3 is 5.97 Å². The van der Waals surface area contributed by atoms with Gasteiger partial charge in [0.05, 0.1) is 11.1 Å². The zero-order valence-electron chi connectivity index (χ0n) is 12.0. The Morgan fingerprint density at radius 2 is 1.95 bits per heavy atom. The number of hydrogen-bond donors (Lipinski definition) is 0. The van der Waals surface area contributed by atoms with Crippen molar-refractivity contribution in [1.82, 2.24) is 9.88 Å². The smallest absolute Gasteiger partial charge is 0.339 e. The van der Waals surface area contributed by atoms with Crippen molar-refractivity contribution in [2.75, 3.05) is 14.1 Å². The third-order valence-electron chi connectivity index (χ3n) is 2.98. The summed E-state index contributed by atoms with van der Waals surface area (Å²) < 4.78 is 5.21. The Bertz CT molecular complexity index is 700. The van der Waals surface area contributed by atoms with Gasteiger partial charge < -0.3 is 9.64 Å². The van der Waals surface area contributed by atoms with Gasteiger partial charge in [-0.25, -0.2) is 9.78 Å². The van der Waals surface area contributed by atoms with Gasteiger partial charge in [0.1, 0.15) is 5.15 Å². The maximum atomic E-state index is 12.3. The quantitative estimate of drug-likeness (QED) is 0.646. The maximum absolute atomic E-state index is 12.3. The van der Waals surface area contributed by atoms with E-state index in [9.17, 15) is 9.59 Å². The first-order valence-electron chi connectivity index (χ1n) is 6.37. The molecule has 0 aliphatic carbocycles. The Kier molecular flexibility index (Phi) is 4.43. The second-order valence-corrected chi connectivity index (χ2v) is 5.18. The van der Waals surface area contributed by atoms with Gasteiger partial charge in [0.15, 0.2) is 6.10 Å². The molecule has 0 N–H and O–H groups in total. The molecule has 1 aromatic carbocycles. The molecule has 0 aliphatic heterocycles. The highest BCUT2D eigenvalue weighted by molar-refractivity contribution is 6.30. The Balaban J connectivity index is 2.34. The van der Waals surface area contributed by atoms with E-state index >= 15 is 0 Å². The Morgan fingerprint density at radius 3 is 2.62 bits per heavy atom. The van der Waals surface area contributed by atoms with E-state index in [1.54, 1.807) is 38.4 Å². The number of carbonyl (C=O) groups is 2. The van der Waals surface area contributed by atoms with Gasteiger partial charge in [-0.1, -0.05) is 29.8 Å². The number of halogens is 1. The lowest BCUT2D eigenvalue weighted by atomic mass is 10.1. The van der Waals surface area contributed by atoms with Crippen LogP contribution in [0.4, 0.5) is 0 Å². The number of nitrogens with zero attached hydrogens (tertiary/aromatic N) is 2. The molecule has 2 aromatic rings. The van der Waals surface area contributed by atoms with Crippen LogP contribution in [0.15, 0.2) is 30.3 Å². The summed E-state index contributed by atoms with van der Waals surface area (Å²) in [7, 11) is 3.21. The number of esters is 1. The van der Waals surface area contributed by atoms with Crippen molar-refractivity contribution in [1.29, 1.82) is 0 Å². The zero-order valence-corrected chi connectivity index (χ0v) is 12.7. The fourth-order valence-corrected chi connectivity index (χ4v) is 2.15. The lowest BCUT2D eigenvalue weighted by Crippen LogP contribution is -2.34. The minimum atomic E-state index is -0.863. The fourth-order valence-electron chi connectivity index (χ4n) is 1.95. The molecule has 110 valence electrons. The number of pyridine rings is 1. The van der Waals surface area contributed by atoms with Crippen LogP contribution in [0, 0.1) is 0 Å². The van der Waals surface area contributed by atoms with Crippen LogP contribution in [0.25, 0.3) is 10.9 Å². The summed E-state index contributed by atoms with van der Waals surface area (Å²) >= 11 is 5.92. The number of carbonyl (C=O) groups excluding carboxylic acids is 2. The van der Waals surface area contributed by atoms with Crippen molar-refractivity contribution < 1.29 is 14.3 Å². The van der Waals surface area contributed by atoms with Gasteiger partial charge in [-0.3, -0.25) is 4.79 Å². The molecule has 21 heavy (non-hydrogen) atoms. The molecule has 6 heteroatoms. The highest BCUT2D eigenvalue weighted by Crippen LogP contribution is 2.22. The van der Waals surface area contributed by atoms with Gasteiger partial charge in [-0.05, 0) is 19.1 Å². The number of para-hydroxylation sites is 1. The van der Waals surface area contributed by atoms with E-state index in [4.69, 9.17) is 16.3 Å². The molecule has 2 rings (SSSR count). The first-order chi connectivity index (χ1) is 9.90. The average molecular weight is 307 g/mol. The molecule has 0 fully saturated rings. The number of hydrogen-bond acceptors (Lipinski definition) is 4. The molecular weight excluding hydrogens is 292 g/mol. The molecule has 1 heterocycles. The number of fused-ring (bicyclic) bond motifs is 1. The Labute approximate surface area is 127 Å². The highest BCUT2D eigenvalue weighted by atomic mass is 35.5. The topological polar surface area (TPSA) is 59.5 Å². The fraction of sp³-hybridized carbons (Fsp3) is 0.267. The summed E-state index contributed by atoms with van der Waals surface area (Å²) in [5, 5.41) is 0.837. The number of benzene rings is 1. The van der Waals surface area contributed by atoms with Gasteiger partial charge in [0.25, 0.3) is 5.91 Å². The van der Waals surface area contributed by atoms with E-state index in [1.807, 2.05) is 0 Å². The summed E-state index contributed by atoms with van der Waals surface area (Å²) in [5.74, 6) is -0.883. The SMILES string of the molecule is CC(OC(=O)c1cc(Cl)nc2ccccc12)C(=O)N(C)C. The third kappa shape index (κ3) is 3.31. The molecular formula is C15H15ClN2O3. The van der Waals surface area contributed by atoms with E-state index in [2.05, 4.69) is 4.98 Å². The van der Waals surface area contributed by atoms with Crippen LogP contribution in [0.2, 0.25) is 5.15 Å². The van der Waals surface area contributed by atoms with Crippen molar-refractivity contribution in [2.45, 2.75) is 13.0 Å². The third-order valence-corrected chi connectivity index (χ3v) is 3.17. The second kappa shape index (κ2) is 6.10. The standard InChI is InChI=1S/C15H15ClN2O3/c1-9(14(19)18(2)3)21-15(20)11-8-13(16)17-12-7-5-4-6-10(11)12/h4-9H,1-3H3. The van der Waals surface area contributed by atoms with Crippen LogP contribution < -0.4 is 0 Å².